The van der Waals surface area contributed by atoms with Crippen molar-refractivity contribution in [2.75, 3.05) is 33.9 Å². The van der Waals surface area contributed by atoms with Crippen molar-refractivity contribution in [2.24, 2.45) is 5.92 Å². The Kier molecular flexibility index (Phi) is 32.0. The molecular weight excluding hydrogens is 534 g/mol. The van der Waals surface area contributed by atoms with Gasteiger partial charge in [-0.25, -0.2) is 0 Å². The van der Waals surface area contributed by atoms with Gasteiger partial charge in [-0.05, 0) is 78.4 Å². The second kappa shape index (κ2) is 33.3. The molecule has 0 saturated heterocycles. The average molecular weight is 606 g/mol. The van der Waals surface area contributed by atoms with Crippen LogP contribution in [0.3, 0.4) is 0 Å². The topological polar surface area (TPSA) is 55.8 Å². The molecule has 5 heteroatoms. The number of esters is 2. The van der Waals surface area contributed by atoms with Crippen molar-refractivity contribution in [2.45, 2.75) is 168 Å². The van der Waals surface area contributed by atoms with Crippen molar-refractivity contribution in [3.63, 3.8) is 0 Å². The van der Waals surface area contributed by atoms with Crippen molar-refractivity contribution in [3.8, 4) is 0 Å². The van der Waals surface area contributed by atoms with E-state index < -0.39 is 17.9 Å². The quantitative estimate of drug-likeness (QED) is 0.0330. The Morgan fingerprint density at radius 3 is 1.40 bits per heavy atom. The Morgan fingerprint density at radius 2 is 0.930 bits per heavy atom. The molecule has 1 unspecified atom stereocenters. The maximum absolute atomic E-state index is 12.8. The van der Waals surface area contributed by atoms with E-state index >= 15 is 0 Å². The maximum Gasteiger partial charge on any atom is 0.320 e. The fourth-order valence-corrected chi connectivity index (χ4v) is 5.17. The third-order valence-corrected chi connectivity index (χ3v) is 8.00. The minimum absolute atomic E-state index is 0.392. The van der Waals surface area contributed by atoms with Crippen LogP contribution in [-0.4, -0.2) is 50.7 Å². The van der Waals surface area contributed by atoms with Crippen molar-refractivity contribution in [1.82, 2.24) is 4.90 Å². The summed E-state index contributed by atoms with van der Waals surface area (Å²) in [5, 5.41) is 0. The molecule has 0 bridgehead atoms. The molecular formula is C38H71NO4. The summed E-state index contributed by atoms with van der Waals surface area (Å²) in [5.41, 5.74) is 0. The van der Waals surface area contributed by atoms with Gasteiger partial charge in [0.1, 0.15) is 0 Å². The largest absolute Gasteiger partial charge is 0.465 e. The van der Waals surface area contributed by atoms with Crippen LogP contribution in [0.1, 0.15) is 168 Å². The second-order valence-corrected chi connectivity index (χ2v) is 12.6. The molecule has 0 aliphatic heterocycles. The highest BCUT2D eigenvalue weighted by atomic mass is 16.6. The van der Waals surface area contributed by atoms with Crippen LogP contribution in [0, 0.1) is 5.92 Å². The van der Waals surface area contributed by atoms with Crippen LogP contribution < -0.4 is 0 Å². The van der Waals surface area contributed by atoms with E-state index in [9.17, 15) is 9.59 Å². The lowest BCUT2D eigenvalue weighted by Crippen LogP contribution is -2.29. The van der Waals surface area contributed by atoms with E-state index in [1.54, 1.807) is 0 Å². The van der Waals surface area contributed by atoms with Gasteiger partial charge in [0, 0.05) is 0 Å². The predicted molar refractivity (Wildman–Crippen MR) is 184 cm³/mol. The molecule has 0 N–H and O–H groups in total. The molecule has 0 spiro atoms. The Hall–Kier alpha value is -1.62. The average Bonchev–Trinajstić information content (AvgIpc) is 2.99. The fourth-order valence-electron chi connectivity index (χ4n) is 5.17. The van der Waals surface area contributed by atoms with E-state index in [0.29, 0.717) is 19.6 Å². The lowest BCUT2D eigenvalue weighted by molar-refractivity contribution is -0.162. The molecule has 0 rings (SSSR count). The zero-order chi connectivity index (χ0) is 31.6. The third kappa shape index (κ3) is 30.2. The molecule has 0 saturated carbocycles. The van der Waals surface area contributed by atoms with Crippen molar-refractivity contribution in [3.05, 3.63) is 24.3 Å². The normalized spacial score (nSPS) is 12.5. The minimum Gasteiger partial charge on any atom is -0.465 e. The molecule has 0 amide bonds. The summed E-state index contributed by atoms with van der Waals surface area (Å²) in [7, 11) is 4.00. The molecule has 0 heterocycles. The predicted octanol–water partition coefficient (Wildman–Crippen LogP) is 10.8. The van der Waals surface area contributed by atoms with E-state index in [1.165, 1.54) is 96.3 Å². The maximum atomic E-state index is 12.8. The van der Waals surface area contributed by atoms with Crippen LogP contribution in [0.15, 0.2) is 24.3 Å². The van der Waals surface area contributed by atoms with E-state index in [0.717, 1.165) is 57.9 Å². The van der Waals surface area contributed by atoms with Crippen molar-refractivity contribution >= 4 is 11.9 Å². The van der Waals surface area contributed by atoms with Gasteiger partial charge in [0.15, 0.2) is 5.92 Å². The summed E-state index contributed by atoms with van der Waals surface area (Å²) < 4.78 is 11.1. The lowest BCUT2D eigenvalue weighted by Gasteiger charge is -2.17. The third-order valence-electron chi connectivity index (χ3n) is 8.00. The first-order valence-electron chi connectivity index (χ1n) is 18.3. The van der Waals surface area contributed by atoms with Gasteiger partial charge in [-0.2, -0.15) is 0 Å². The molecule has 1 atom stereocenters. The number of carbonyl (C=O) groups is 2. The summed E-state index contributed by atoms with van der Waals surface area (Å²) in [6, 6.07) is 0. The minimum atomic E-state index is -0.798. The van der Waals surface area contributed by atoms with Crippen LogP contribution in [0.2, 0.25) is 0 Å². The number of allylic oxidation sites excluding steroid dienone is 4. The summed E-state index contributed by atoms with van der Waals surface area (Å²) in [6.45, 7) is 6.13. The molecule has 0 aromatic rings. The number of ether oxygens (including phenoxy) is 2. The Morgan fingerprint density at radius 1 is 0.535 bits per heavy atom. The molecule has 0 aromatic heterocycles. The standard InChI is InChI=1S/C38H71NO4/c1-5-7-9-11-13-15-17-18-19-20-21-22-24-26-28-30-35-43-38(41)36(32-31-33-39(3)4)37(40)42-34-29-27-25-23-16-14-12-10-8-6-2/h13,15,18-19,36H,5-12,14,16-17,20-35H2,1-4H3/b15-13-,19-18-. The molecule has 0 aliphatic rings. The van der Waals surface area contributed by atoms with Gasteiger partial charge >= 0.3 is 11.9 Å². The summed E-state index contributed by atoms with van der Waals surface area (Å²) in [5.74, 6) is -1.61. The Bertz CT molecular complexity index is 673. The van der Waals surface area contributed by atoms with E-state index in [1.807, 2.05) is 14.1 Å². The highest BCUT2D eigenvalue weighted by molar-refractivity contribution is 5.94. The number of unbranched alkanes of at least 4 members (excludes halogenated alkanes) is 18. The van der Waals surface area contributed by atoms with E-state index in [-0.39, 0.29) is 0 Å². The molecule has 0 fully saturated rings. The van der Waals surface area contributed by atoms with Crippen LogP contribution in [0.25, 0.3) is 0 Å². The number of hydrogen-bond donors (Lipinski definition) is 0. The van der Waals surface area contributed by atoms with Gasteiger partial charge in [0.25, 0.3) is 0 Å². The lowest BCUT2D eigenvalue weighted by atomic mass is 10.0. The van der Waals surface area contributed by atoms with Gasteiger partial charge in [-0.1, -0.05) is 134 Å². The first kappa shape index (κ1) is 41.4. The molecule has 0 aromatic carbocycles. The smallest absolute Gasteiger partial charge is 0.320 e. The van der Waals surface area contributed by atoms with Gasteiger partial charge in [-0.3, -0.25) is 9.59 Å². The molecule has 0 aliphatic carbocycles. The summed E-state index contributed by atoms with van der Waals surface area (Å²) in [4.78, 5) is 27.6. The number of nitrogens with zero attached hydrogens (tertiary/aromatic N) is 1. The van der Waals surface area contributed by atoms with Gasteiger partial charge in [0.2, 0.25) is 0 Å². The Labute approximate surface area is 267 Å². The van der Waals surface area contributed by atoms with E-state index in [2.05, 4.69) is 43.1 Å². The highest BCUT2D eigenvalue weighted by Gasteiger charge is 2.29. The molecule has 5 nitrogen and oxygen atoms in total. The number of rotatable bonds is 32. The zero-order valence-electron chi connectivity index (χ0n) is 29.1. The molecule has 43 heavy (non-hydrogen) atoms. The fraction of sp³-hybridized carbons (Fsp3) is 0.842. The highest BCUT2D eigenvalue weighted by Crippen LogP contribution is 2.15. The first-order chi connectivity index (χ1) is 21.0. The molecule has 0 radical (unpaired) electrons. The SMILES string of the molecule is CCCCC/C=C\C/C=C\CCCCCCCCOC(=O)C(CCCN(C)C)C(=O)OCCCCCCCCCCCC. The summed E-state index contributed by atoms with van der Waals surface area (Å²) in [6.07, 6.45) is 37.0. The van der Waals surface area contributed by atoms with Crippen LogP contribution >= 0.6 is 0 Å². The van der Waals surface area contributed by atoms with Crippen molar-refractivity contribution < 1.29 is 19.1 Å². The van der Waals surface area contributed by atoms with E-state index in [4.69, 9.17) is 9.47 Å². The number of carbonyl (C=O) groups excluding carboxylic acids is 2. The first-order valence-corrected chi connectivity index (χ1v) is 18.3. The van der Waals surface area contributed by atoms with Crippen LogP contribution in [0.5, 0.6) is 0 Å². The van der Waals surface area contributed by atoms with Crippen LogP contribution in [0.4, 0.5) is 0 Å². The zero-order valence-corrected chi connectivity index (χ0v) is 29.1. The van der Waals surface area contributed by atoms with Crippen molar-refractivity contribution in [1.29, 1.82) is 0 Å². The summed E-state index contributed by atoms with van der Waals surface area (Å²) >= 11 is 0. The Balaban J connectivity index is 3.99. The van der Waals surface area contributed by atoms with Crippen LogP contribution in [-0.2, 0) is 19.1 Å². The van der Waals surface area contributed by atoms with Gasteiger partial charge in [0.05, 0.1) is 13.2 Å². The number of hydrogen-bond acceptors (Lipinski definition) is 5. The van der Waals surface area contributed by atoms with Gasteiger partial charge < -0.3 is 14.4 Å². The molecule has 252 valence electrons. The monoisotopic (exact) mass is 606 g/mol. The second-order valence-electron chi connectivity index (χ2n) is 12.6. The van der Waals surface area contributed by atoms with Gasteiger partial charge in [-0.15, -0.1) is 0 Å².